The lowest BCUT2D eigenvalue weighted by molar-refractivity contribution is 0.381. The van der Waals surface area contributed by atoms with E-state index in [1.54, 1.807) is 0 Å². The van der Waals surface area contributed by atoms with E-state index < -0.39 is 0 Å². The van der Waals surface area contributed by atoms with Gasteiger partial charge in [-0.25, -0.2) is 0 Å². The average molecular weight is 653 g/mol. The van der Waals surface area contributed by atoms with Crippen molar-refractivity contribution >= 4 is 35.2 Å². The Hall–Kier alpha value is -3.08. The molecule has 0 unspecified atom stereocenters. The fourth-order valence-electron chi connectivity index (χ4n) is 6.39. The molecule has 0 radical (unpaired) electrons. The Labute approximate surface area is 295 Å². The predicted octanol–water partition coefficient (Wildman–Crippen LogP) is 12.6. The van der Waals surface area contributed by atoms with E-state index in [0.29, 0.717) is 0 Å². The summed E-state index contributed by atoms with van der Waals surface area (Å²) in [6, 6.07) is 25.9. The van der Waals surface area contributed by atoms with E-state index in [2.05, 4.69) is 90.6 Å². The Morgan fingerprint density at radius 2 is 0.688 bits per heavy atom. The molecule has 0 spiro atoms. The molecule has 0 N–H and O–H groups in total. The summed E-state index contributed by atoms with van der Waals surface area (Å²) in [6.07, 6.45) is 25.7. The second-order valence-corrected chi connectivity index (χ2v) is 15.0. The molecule has 262 valence electrons. The van der Waals surface area contributed by atoms with Gasteiger partial charge >= 0.3 is 0 Å². The first-order valence-electron chi connectivity index (χ1n) is 19.3. The van der Waals surface area contributed by atoms with Crippen LogP contribution in [0.1, 0.15) is 128 Å². The van der Waals surface area contributed by atoms with Crippen molar-refractivity contribution in [1.29, 1.82) is 0 Å². The summed E-state index contributed by atoms with van der Waals surface area (Å²) in [6.45, 7) is 6.93. The van der Waals surface area contributed by atoms with E-state index in [9.17, 15) is 0 Å². The zero-order valence-electron chi connectivity index (χ0n) is 31.6. The second-order valence-electron chi connectivity index (χ2n) is 15.0. The third-order valence-electron chi connectivity index (χ3n) is 9.90. The summed E-state index contributed by atoms with van der Waals surface area (Å²) < 4.78 is 1.85. The van der Waals surface area contributed by atoms with E-state index in [-0.39, 0.29) is 0 Å². The van der Waals surface area contributed by atoms with Gasteiger partial charge < -0.3 is 0 Å². The van der Waals surface area contributed by atoms with Crippen molar-refractivity contribution in [3.63, 3.8) is 0 Å². The largest absolute Gasteiger partial charge is 0.296 e. The lowest BCUT2D eigenvalue weighted by Crippen LogP contribution is -2.41. The van der Waals surface area contributed by atoms with Crippen LogP contribution in [-0.2, 0) is 0 Å². The van der Waals surface area contributed by atoms with E-state index >= 15 is 0 Å². The van der Waals surface area contributed by atoms with Gasteiger partial charge in [0.25, 0.3) is 0 Å². The molecule has 0 bridgehead atoms. The van der Waals surface area contributed by atoms with Crippen molar-refractivity contribution in [3.8, 4) is 0 Å². The minimum atomic E-state index is 0.927. The molecule has 3 aromatic carbocycles. The number of hydrogen-bond acceptors (Lipinski definition) is 2. The third kappa shape index (κ3) is 15.0. The van der Waals surface area contributed by atoms with Crippen LogP contribution in [0.4, 0.5) is 22.7 Å². The Morgan fingerprint density at radius 3 is 1.00 bits per heavy atom. The van der Waals surface area contributed by atoms with Crippen LogP contribution < -0.4 is 8.97 Å². The van der Waals surface area contributed by atoms with Crippen molar-refractivity contribution in [1.82, 2.24) is 8.97 Å². The Morgan fingerprint density at radius 1 is 0.396 bits per heavy atom. The molecule has 3 rings (SSSR count). The van der Waals surface area contributed by atoms with E-state index in [4.69, 9.17) is 9.98 Å². The predicted molar refractivity (Wildman–Crippen MR) is 216 cm³/mol. The minimum absolute atomic E-state index is 0.927. The third-order valence-corrected chi connectivity index (χ3v) is 9.90. The van der Waals surface area contributed by atoms with Crippen molar-refractivity contribution in [2.24, 2.45) is 9.98 Å². The van der Waals surface area contributed by atoms with Gasteiger partial charge in [-0.2, -0.15) is 0 Å². The minimum Gasteiger partial charge on any atom is -0.296 e. The van der Waals surface area contributed by atoms with Gasteiger partial charge in [-0.3, -0.25) is 19.0 Å². The number of nitrogens with zero attached hydrogens (tertiary/aromatic N) is 4. The van der Waals surface area contributed by atoms with Gasteiger partial charge in [-0.1, -0.05) is 90.9 Å². The van der Waals surface area contributed by atoms with Gasteiger partial charge in [0.05, 0.1) is 52.7 Å². The summed E-state index contributed by atoms with van der Waals surface area (Å²) >= 11 is 0. The number of rotatable bonds is 24. The molecular weight excluding hydrogens is 585 g/mol. The zero-order valence-corrected chi connectivity index (χ0v) is 31.6. The SMILES string of the molecule is CCCCCCCCCC[N+](C)(C)c1ccc(C=Nc2ccc(N=Cc3ccc([N+](C)(C)CCCCCCCCCC)cc3)cc2)cc1. The van der Waals surface area contributed by atoms with E-state index in [1.807, 2.05) is 36.7 Å². The highest BCUT2D eigenvalue weighted by Crippen LogP contribution is 2.24. The van der Waals surface area contributed by atoms with Crippen LogP contribution in [0.3, 0.4) is 0 Å². The molecule has 48 heavy (non-hydrogen) atoms. The first-order valence-corrected chi connectivity index (χ1v) is 19.3. The molecule has 3 aromatic rings. The highest BCUT2D eigenvalue weighted by Gasteiger charge is 2.19. The molecule has 0 aliphatic heterocycles. The fraction of sp³-hybridized carbons (Fsp3) is 0.545. The van der Waals surface area contributed by atoms with E-state index in [1.165, 1.54) is 127 Å². The zero-order chi connectivity index (χ0) is 34.5. The van der Waals surface area contributed by atoms with Crippen LogP contribution in [0.5, 0.6) is 0 Å². The molecule has 0 aliphatic carbocycles. The highest BCUT2D eigenvalue weighted by molar-refractivity contribution is 5.84. The normalized spacial score (nSPS) is 12.5. The summed E-state index contributed by atoms with van der Waals surface area (Å²) in [4.78, 5) is 9.44. The monoisotopic (exact) mass is 653 g/mol. The standard InChI is InChI=1S/C44H68N4/c1-7-9-11-13-15-17-19-21-35-47(3,4)43-31-23-39(24-32-43)37-45-41-27-29-42(30-28-41)46-38-40-25-33-44(34-26-40)48(5,6)36-22-20-18-16-14-12-10-8-2/h23-34,37-38H,7-22,35-36H2,1-6H3/q+2. The van der Waals surface area contributed by atoms with Gasteiger partial charge in [-0.15, -0.1) is 0 Å². The van der Waals surface area contributed by atoms with E-state index in [0.717, 1.165) is 31.5 Å². The molecule has 4 nitrogen and oxygen atoms in total. The molecular formula is C44H68N4+2. The van der Waals surface area contributed by atoms with Gasteiger partial charge in [0.1, 0.15) is 11.4 Å². The molecule has 0 fully saturated rings. The number of benzene rings is 3. The second kappa shape index (κ2) is 21.8. The maximum absolute atomic E-state index is 4.72. The van der Waals surface area contributed by atoms with Crippen LogP contribution in [0, 0.1) is 0 Å². The molecule has 0 aromatic heterocycles. The topological polar surface area (TPSA) is 24.7 Å². The van der Waals surface area contributed by atoms with Gasteiger partial charge in [0.15, 0.2) is 0 Å². The summed E-state index contributed by atoms with van der Waals surface area (Å²) in [5.41, 5.74) is 6.82. The van der Waals surface area contributed by atoms with Crippen molar-refractivity contribution in [3.05, 3.63) is 83.9 Å². The molecule has 4 heteroatoms. The summed E-state index contributed by atoms with van der Waals surface area (Å²) in [7, 11) is 9.29. The highest BCUT2D eigenvalue weighted by atomic mass is 15.3. The smallest absolute Gasteiger partial charge is 0.132 e. The first-order chi connectivity index (χ1) is 23.2. The van der Waals surface area contributed by atoms with Crippen LogP contribution >= 0.6 is 0 Å². The van der Waals surface area contributed by atoms with Crippen LogP contribution in [0.2, 0.25) is 0 Å². The molecule has 0 heterocycles. The van der Waals surface area contributed by atoms with Gasteiger partial charge in [0.2, 0.25) is 0 Å². The Bertz CT molecular complexity index is 1210. The van der Waals surface area contributed by atoms with Crippen molar-refractivity contribution < 1.29 is 0 Å². The summed E-state index contributed by atoms with van der Waals surface area (Å²) in [5, 5.41) is 0. The maximum atomic E-state index is 4.72. The maximum Gasteiger partial charge on any atom is 0.132 e. The Balaban J connectivity index is 1.41. The lowest BCUT2D eigenvalue weighted by atomic mass is 10.1. The fourth-order valence-corrected chi connectivity index (χ4v) is 6.39. The molecule has 0 amide bonds. The molecule has 0 saturated carbocycles. The van der Waals surface area contributed by atoms with Gasteiger partial charge in [-0.05, 0) is 110 Å². The van der Waals surface area contributed by atoms with Crippen LogP contribution in [-0.4, -0.2) is 53.7 Å². The van der Waals surface area contributed by atoms with Gasteiger partial charge in [0, 0.05) is 12.4 Å². The quantitative estimate of drug-likeness (QED) is 0.0523. The van der Waals surface area contributed by atoms with Crippen molar-refractivity contribution in [2.75, 3.05) is 41.3 Å². The average Bonchev–Trinajstić information content (AvgIpc) is 3.09. The first kappa shape index (κ1) is 39.4. The number of aliphatic imine (C=N–C) groups is 2. The molecule has 0 saturated heterocycles. The number of hydrogen-bond donors (Lipinski definition) is 0. The molecule has 0 atom stereocenters. The van der Waals surface area contributed by atoms with Crippen LogP contribution in [0.25, 0.3) is 0 Å². The van der Waals surface area contributed by atoms with Crippen molar-refractivity contribution in [2.45, 2.75) is 117 Å². The molecule has 0 aliphatic rings. The lowest BCUT2D eigenvalue weighted by Gasteiger charge is -2.29. The number of unbranched alkanes of at least 4 members (excludes halogenated alkanes) is 14. The van der Waals surface area contributed by atoms with Crippen LogP contribution in [0.15, 0.2) is 82.8 Å². The number of quaternary nitrogens is 2. The Kier molecular flexibility index (Phi) is 17.9. The summed E-state index contributed by atoms with van der Waals surface area (Å²) in [5.74, 6) is 0.